The van der Waals surface area contributed by atoms with E-state index in [2.05, 4.69) is 45.9 Å². The van der Waals surface area contributed by atoms with E-state index in [0.717, 1.165) is 17.9 Å². The zero-order valence-corrected chi connectivity index (χ0v) is 14.6. The number of carbonyl (C=O) groups is 1. The Morgan fingerprint density at radius 2 is 2.22 bits per heavy atom. The molecule has 1 aliphatic rings. The topological polar surface area (TPSA) is 84.7 Å². The Labute approximate surface area is 139 Å². The van der Waals surface area contributed by atoms with E-state index in [1.807, 2.05) is 19.4 Å². The lowest BCUT2D eigenvalue weighted by atomic mass is 9.90. The molecule has 124 valence electrons. The Balaban J connectivity index is 1.71. The van der Waals surface area contributed by atoms with Gasteiger partial charge in [0.15, 0.2) is 0 Å². The van der Waals surface area contributed by atoms with E-state index in [9.17, 15) is 4.79 Å². The quantitative estimate of drug-likeness (QED) is 0.889. The van der Waals surface area contributed by atoms with E-state index in [1.165, 1.54) is 11.5 Å². The van der Waals surface area contributed by atoms with Crippen LogP contribution in [0.15, 0.2) is 12.4 Å². The van der Waals surface area contributed by atoms with Gasteiger partial charge in [-0.1, -0.05) is 20.8 Å². The van der Waals surface area contributed by atoms with Crippen LogP contribution in [0.3, 0.4) is 0 Å². The first kappa shape index (κ1) is 16.1. The molecule has 23 heavy (non-hydrogen) atoms. The van der Waals surface area contributed by atoms with Crippen LogP contribution in [0.2, 0.25) is 0 Å². The van der Waals surface area contributed by atoms with Gasteiger partial charge in [-0.3, -0.25) is 9.48 Å². The molecule has 7 nitrogen and oxygen atoms in total. The van der Waals surface area contributed by atoms with Gasteiger partial charge < -0.3 is 10.6 Å². The van der Waals surface area contributed by atoms with Gasteiger partial charge in [-0.2, -0.15) is 9.47 Å². The van der Waals surface area contributed by atoms with E-state index in [1.54, 1.807) is 4.68 Å². The van der Waals surface area contributed by atoms with E-state index < -0.39 is 0 Å². The highest BCUT2D eigenvalue weighted by atomic mass is 32.1. The zero-order chi connectivity index (χ0) is 16.6. The van der Waals surface area contributed by atoms with Crippen molar-refractivity contribution in [2.24, 2.45) is 13.0 Å². The van der Waals surface area contributed by atoms with Gasteiger partial charge >= 0.3 is 0 Å². The highest BCUT2D eigenvalue weighted by Crippen LogP contribution is 2.29. The highest BCUT2D eigenvalue weighted by Gasteiger charge is 2.35. The van der Waals surface area contributed by atoms with E-state index in [-0.39, 0.29) is 23.2 Å². The van der Waals surface area contributed by atoms with Crippen molar-refractivity contribution in [3.63, 3.8) is 0 Å². The third-order valence-corrected chi connectivity index (χ3v) is 4.66. The molecule has 1 fully saturated rings. The molecule has 1 amide bonds. The maximum atomic E-state index is 12.6. The van der Waals surface area contributed by atoms with Gasteiger partial charge in [0.2, 0.25) is 11.0 Å². The van der Waals surface area contributed by atoms with Crippen molar-refractivity contribution in [2.45, 2.75) is 32.1 Å². The third kappa shape index (κ3) is 3.42. The molecule has 0 bridgehead atoms. The number of carbonyl (C=O) groups excluding carboxylic acids is 1. The molecule has 1 aliphatic heterocycles. The van der Waals surface area contributed by atoms with Crippen LogP contribution in [0, 0.1) is 5.92 Å². The molecular formula is C15H22N6OS. The Morgan fingerprint density at radius 3 is 2.83 bits per heavy atom. The summed E-state index contributed by atoms with van der Waals surface area (Å²) in [5.74, 6) is 0.756. The van der Waals surface area contributed by atoms with Crippen molar-refractivity contribution in [1.29, 1.82) is 0 Å². The standard InChI is InChI=1S/C15H22N6OS/c1-15(2,3)13-19-14(23-20-13)18-12(22)11-7-16-6-10(11)9-5-17-21(4)8-9/h5,8,10-11,16H,6-7H2,1-4H3,(H,18,19,20,22)/t10-,11+/m1/s1. The number of nitrogens with zero attached hydrogens (tertiary/aromatic N) is 4. The molecular weight excluding hydrogens is 312 g/mol. The molecule has 8 heteroatoms. The lowest BCUT2D eigenvalue weighted by Gasteiger charge is -2.16. The van der Waals surface area contributed by atoms with Crippen molar-refractivity contribution in [3.8, 4) is 0 Å². The number of hydrogen-bond acceptors (Lipinski definition) is 6. The minimum Gasteiger partial charge on any atom is -0.315 e. The lowest BCUT2D eigenvalue weighted by molar-refractivity contribution is -0.119. The molecule has 0 spiro atoms. The monoisotopic (exact) mass is 334 g/mol. The summed E-state index contributed by atoms with van der Waals surface area (Å²) in [6, 6.07) is 0. The molecule has 1 saturated heterocycles. The molecule has 2 atom stereocenters. The molecule has 0 unspecified atom stereocenters. The SMILES string of the molecule is Cn1cc([C@H]2CNC[C@@H]2C(=O)Nc2nc(C(C)(C)C)ns2)cn1. The molecule has 3 heterocycles. The van der Waals surface area contributed by atoms with Gasteiger partial charge in [-0.05, 0) is 5.56 Å². The fourth-order valence-electron chi connectivity index (χ4n) is 2.71. The summed E-state index contributed by atoms with van der Waals surface area (Å²) in [5.41, 5.74) is 0.970. The Hall–Kier alpha value is -1.80. The summed E-state index contributed by atoms with van der Waals surface area (Å²) >= 11 is 1.23. The maximum Gasteiger partial charge on any atom is 0.231 e. The molecule has 0 radical (unpaired) electrons. The summed E-state index contributed by atoms with van der Waals surface area (Å²) < 4.78 is 6.10. The maximum absolute atomic E-state index is 12.6. The molecule has 0 saturated carbocycles. The van der Waals surface area contributed by atoms with Crippen molar-refractivity contribution in [1.82, 2.24) is 24.5 Å². The minimum atomic E-state index is -0.124. The summed E-state index contributed by atoms with van der Waals surface area (Å²) in [5, 5.41) is 11.0. The number of hydrogen-bond donors (Lipinski definition) is 2. The minimum absolute atomic E-state index is 0.0135. The Morgan fingerprint density at radius 1 is 1.43 bits per heavy atom. The van der Waals surface area contributed by atoms with Crippen LogP contribution in [0.4, 0.5) is 5.13 Å². The van der Waals surface area contributed by atoms with Crippen LogP contribution in [0.5, 0.6) is 0 Å². The van der Waals surface area contributed by atoms with Crippen LogP contribution in [0.25, 0.3) is 0 Å². The van der Waals surface area contributed by atoms with Crippen molar-refractivity contribution < 1.29 is 4.79 Å². The highest BCUT2D eigenvalue weighted by molar-refractivity contribution is 7.09. The predicted octanol–water partition coefficient (Wildman–Crippen LogP) is 1.51. The summed E-state index contributed by atoms with van der Waals surface area (Å²) in [6.07, 6.45) is 3.81. The molecule has 3 rings (SSSR count). The van der Waals surface area contributed by atoms with Gasteiger partial charge in [-0.15, -0.1) is 0 Å². The zero-order valence-electron chi connectivity index (χ0n) is 13.8. The third-order valence-electron chi connectivity index (χ3n) is 4.03. The smallest absolute Gasteiger partial charge is 0.231 e. The predicted molar refractivity (Wildman–Crippen MR) is 89.5 cm³/mol. The normalized spacial score (nSPS) is 21.6. The second-order valence-electron chi connectivity index (χ2n) is 6.98. The van der Waals surface area contributed by atoms with Crippen molar-refractivity contribution in [3.05, 3.63) is 23.8 Å². The van der Waals surface area contributed by atoms with Gasteiger partial charge in [-0.25, -0.2) is 4.98 Å². The fourth-order valence-corrected chi connectivity index (χ4v) is 3.47. The Kier molecular flexibility index (Phi) is 4.20. The number of aryl methyl sites for hydroxylation is 1. The Bertz CT molecular complexity index is 701. The first-order valence-corrected chi connectivity index (χ1v) is 8.46. The van der Waals surface area contributed by atoms with Crippen molar-refractivity contribution in [2.75, 3.05) is 18.4 Å². The average molecular weight is 334 g/mol. The molecule has 2 N–H and O–H groups in total. The van der Waals surface area contributed by atoms with Gasteiger partial charge in [0, 0.05) is 49.2 Å². The summed E-state index contributed by atoms with van der Waals surface area (Å²) in [4.78, 5) is 17.1. The second-order valence-corrected chi connectivity index (χ2v) is 7.73. The molecule has 0 aliphatic carbocycles. The van der Waals surface area contributed by atoms with Crippen LogP contribution in [-0.2, 0) is 17.3 Å². The largest absolute Gasteiger partial charge is 0.315 e. The number of aromatic nitrogens is 4. The fraction of sp³-hybridized carbons (Fsp3) is 0.600. The first-order valence-electron chi connectivity index (χ1n) is 7.69. The van der Waals surface area contributed by atoms with Crippen molar-refractivity contribution >= 4 is 22.6 Å². The van der Waals surface area contributed by atoms with Gasteiger partial charge in [0.05, 0.1) is 12.1 Å². The van der Waals surface area contributed by atoms with Crippen LogP contribution in [-0.4, -0.2) is 38.1 Å². The second kappa shape index (κ2) is 6.01. The first-order chi connectivity index (χ1) is 10.8. The van der Waals surface area contributed by atoms with Crippen LogP contribution < -0.4 is 10.6 Å². The van der Waals surface area contributed by atoms with Gasteiger partial charge in [0.1, 0.15) is 5.82 Å². The van der Waals surface area contributed by atoms with E-state index in [0.29, 0.717) is 11.7 Å². The molecule has 2 aromatic heterocycles. The number of rotatable bonds is 3. The summed E-state index contributed by atoms with van der Waals surface area (Å²) in [6.45, 7) is 7.61. The van der Waals surface area contributed by atoms with Crippen LogP contribution in [0.1, 0.15) is 38.1 Å². The van der Waals surface area contributed by atoms with E-state index in [4.69, 9.17) is 0 Å². The lowest BCUT2D eigenvalue weighted by Crippen LogP contribution is -2.28. The average Bonchev–Trinajstić information content (AvgIpc) is 3.15. The number of amides is 1. The van der Waals surface area contributed by atoms with Gasteiger partial charge in [0.25, 0.3) is 0 Å². The molecule has 2 aromatic rings. The number of anilines is 1. The summed E-state index contributed by atoms with van der Waals surface area (Å²) in [7, 11) is 1.89. The van der Waals surface area contributed by atoms with E-state index >= 15 is 0 Å². The number of nitrogens with one attached hydrogen (secondary N) is 2. The van der Waals surface area contributed by atoms with Crippen LogP contribution >= 0.6 is 11.5 Å². The molecule has 0 aromatic carbocycles.